The number of hydrogen-bond donors (Lipinski definition) is 2. The Morgan fingerprint density at radius 3 is 2.38 bits per heavy atom. The quantitative estimate of drug-likeness (QED) is 0.263. The van der Waals surface area contributed by atoms with Crippen molar-refractivity contribution in [1.29, 1.82) is 0 Å². The van der Waals surface area contributed by atoms with E-state index in [0.717, 1.165) is 55.2 Å². The Balaban J connectivity index is 0.000000557. The summed E-state index contributed by atoms with van der Waals surface area (Å²) in [5, 5.41) is 8.87. The predicted molar refractivity (Wildman–Crippen MR) is 165 cm³/mol. The molecule has 0 atom stereocenters. The molecular weight excluding hydrogens is 556 g/mol. The number of anilines is 2. The molecule has 0 bridgehead atoms. The van der Waals surface area contributed by atoms with E-state index in [1.807, 2.05) is 62.6 Å². The van der Waals surface area contributed by atoms with Crippen LogP contribution in [-0.2, 0) is 17.1 Å². The van der Waals surface area contributed by atoms with Crippen LogP contribution in [0.5, 0.6) is 0 Å². The van der Waals surface area contributed by atoms with Gasteiger partial charge in [0.05, 0.1) is 5.52 Å². The predicted octanol–water partition coefficient (Wildman–Crippen LogP) is 6.99. The third kappa shape index (κ3) is 9.38. The van der Waals surface area contributed by atoms with Gasteiger partial charge in [0, 0.05) is 76.5 Å². The zero-order valence-corrected chi connectivity index (χ0v) is 24.6. The minimum absolute atomic E-state index is 0. The van der Waals surface area contributed by atoms with Gasteiger partial charge in [0.25, 0.3) is 0 Å². The van der Waals surface area contributed by atoms with E-state index in [9.17, 15) is 0 Å². The Kier molecular flexibility index (Phi) is 12.9. The molecule has 40 heavy (non-hydrogen) atoms. The van der Waals surface area contributed by atoms with Crippen LogP contribution in [0.4, 0.5) is 11.4 Å². The molecule has 2 saturated carbocycles. The summed E-state index contributed by atoms with van der Waals surface area (Å²) in [7, 11) is 0. The number of fused-ring (bicyclic) bond motifs is 1. The van der Waals surface area contributed by atoms with Crippen molar-refractivity contribution in [2.24, 2.45) is 5.92 Å². The zero-order chi connectivity index (χ0) is 26.7. The van der Waals surface area contributed by atoms with Crippen molar-refractivity contribution >= 4 is 33.9 Å². The number of pyridine rings is 1. The molecule has 0 amide bonds. The van der Waals surface area contributed by atoms with E-state index < -0.39 is 0 Å². The number of para-hydroxylation sites is 1. The second-order valence-electron chi connectivity index (χ2n) is 10.2. The van der Waals surface area contributed by atoms with E-state index in [0.29, 0.717) is 5.02 Å². The summed E-state index contributed by atoms with van der Waals surface area (Å²) in [5.74, 6) is 3.48. The normalized spacial score (nSPS) is 18.2. The van der Waals surface area contributed by atoms with Gasteiger partial charge < -0.3 is 15.5 Å². The van der Waals surface area contributed by atoms with Crippen molar-refractivity contribution in [3.8, 4) is 0 Å². The van der Waals surface area contributed by atoms with Gasteiger partial charge in [-0.05, 0) is 126 Å². The van der Waals surface area contributed by atoms with E-state index in [2.05, 4.69) is 70.1 Å². The maximum absolute atomic E-state index is 6.13. The van der Waals surface area contributed by atoms with Gasteiger partial charge in [0.2, 0.25) is 0 Å². The molecule has 1 aromatic heterocycles. The topological polar surface area (TPSA) is 40.2 Å². The molecule has 2 aromatic carbocycles. The SMILES string of the molecule is Clc1ccc2c(NC[C]3[CH][CH][C](CN(CCC4CCNCC4)c4ccccc4)[CH]3)ccnc2c1.[CH]1[CH][CH][CH][CH]1.[Fe]. The number of benzene rings is 2. The summed E-state index contributed by atoms with van der Waals surface area (Å²) in [4.78, 5) is 6.98. The van der Waals surface area contributed by atoms with Gasteiger partial charge in [-0.2, -0.15) is 0 Å². The third-order valence-electron chi connectivity index (χ3n) is 7.39. The van der Waals surface area contributed by atoms with E-state index in [-0.39, 0.29) is 17.1 Å². The van der Waals surface area contributed by atoms with Crippen LogP contribution in [0.15, 0.2) is 60.8 Å². The standard InChI is InChI=1S/C29H32ClN4.C5H5.Fe/c30-25-8-9-27-28(12-16-32-29(27)19-25)33-20-23-6-7-24(18-23)21-34(26-4-2-1-3-5-26)17-13-22-10-14-31-15-11-22;1-2-4-5-3-1;/h1-9,12,16,18-19,22,31H,10-11,13-15,17,20-21H2,(H,32,33);1-5H;. The Morgan fingerprint density at radius 1 is 0.900 bits per heavy atom. The first kappa shape index (κ1) is 31.2. The van der Waals surface area contributed by atoms with Gasteiger partial charge in [-0.25, -0.2) is 0 Å². The monoisotopic (exact) mass is 592 g/mol. The first-order chi connectivity index (χ1) is 19.2. The molecule has 0 unspecified atom stereocenters. The molecule has 3 aliphatic rings. The van der Waals surface area contributed by atoms with Crippen LogP contribution in [0.25, 0.3) is 10.9 Å². The zero-order valence-electron chi connectivity index (χ0n) is 22.8. The molecule has 0 spiro atoms. The van der Waals surface area contributed by atoms with E-state index in [4.69, 9.17) is 11.6 Å². The minimum atomic E-state index is 0. The average molecular weight is 593 g/mol. The summed E-state index contributed by atoms with van der Waals surface area (Å²) in [6.07, 6.45) is 22.5. The molecule has 208 valence electrons. The molecule has 1 aliphatic heterocycles. The first-order valence-corrected chi connectivity index (χ1v) is 14.3. The molecule has 10 radical (unpaired) electrons. The Labute approximate surface area is 257 Å². The van der Waals surface area contributed by atoms with Crippen molar-refractivity contribution in [2.75, 3.05) is 42.9 Å². The Morgan fingerprint density at radius 2 is 1.62 bits per heavy atom. The van der Waals surface area contributed by atoms with Crippen LogP contribution in [0.2, 0.25) is 5.02 Å². The third-order valence-corrected chi connectivity index (χ3v) is 7.62. The van der Waals surface area contributed by atoms with Gasteiger partial charge >= 0.3 is 0 Å². The van der Waals surface area contributed by atoms with Gasteiger partial charge in [0.1, 0.15) is 0 Å². The number of nitrogens with one attached hydrogen (secondary N) is 2. The second-order valence-corrected chi connectivity index (χ2v) is 10.6. The summed E-state index contributed by atoms with van der Waals surface area (Å²) in [6, 6.07) is 18.7. The summed E-state index contributed by atoms with van der Waals surface area (Å²) in [5.41, 5.74) is 3.30. The number of hydrogen-bond acceptors (Lipinski definition) is 4. The molecule has 2 heterocycles. The fourth-order valence-corrected chi connectivity index (χ4v) is 5.38. The van der Waals surface area contributed by atoms with Gasteiger partial charge in [-0.3, -0.25) is 4.98 Å². The Bertz CT molecular complexity index is 1130. The van der Waals surface area contributed by atoms with Crippen LogP contribution in [0, 0.1) is 69.1 Å². The molecule has 3 aromatic rings. The fraction of sp³-hybridized carbons (Fsp3) is 0.265. The molecule has 2 N–H and O–H groups in total. The smallest absolute Gasteiger partial charge is 0.0737 e. The van der Waals surface area contributed by atoms with E-state index >= 15 is 0 Å². The average Bonchev–Trinajstić information content (AvgIpc) is 3.71. The van der Waals surface area contributed by atoms with E-state index in [1.54, 1.807) is 0 Å². The van der Waals surface area contributed by atoms with Crippen molar-refractivity contribution in [3.63, 3.8) is 0 Å². The van der Waals surface area contributed by atoms with Crippen molar-refractivity contribution in [1.82, 2.24) is 10.3 Å². The molecule has 6 rings (SSSR count). The van der Waals surface area contributed by atoms with Crippen molar-refractivity contribution in [2.45, 2.75) is 19.3 Å². The minimum Gasteiger partial charge on any atom is -0.384 e. The fourth-order valence-electron chi connectivity index (χ4n) is 5.22. The number of halogens is 1. The molecule has 4 nitrogen and oxygen atoms in total. The number of aromatic nitrogens is 1. The van der Waals surface area contributed by atoms with Crippen LogP contribution < -0.4 is 15.5 Å². The van der Waals surface area contributed by atoms with Crippen LogP contribution in [0.3, 0.4) is 0 Å². The molecule has 6 heteroatoms. The summed E-state index contributed by atoms with van der Waals surface area (Å²) >= 11 is 6.13. The van der Waals surface area contributed by atoms with Gasteiger partial charge in [-0.15, -0.1) is 0 Å². The first-order valence-electron chi connectivity index (χ1n) is 13.9. The van der Waals surface area contributed by atoms with Gasteiger partial charge in [0.15, 0.2) is 0 Å². The second kappa shape index (κ2) is 16.6. The molecule has 3 fully saturated rings. The van der Waals surface area contributed by atoms with Crippen LogP contribution in [-0.4, -0.2) is 37.7 Å². The van der Waals surface area contributed by atoms with Crippen molar-refractivity contribution in [3.05, 3.63) is 129 Å². The number of nitrogens with zero attached hydrogens (tertiary/aromatic N) is 2. The number of piperidine rings is 1. The van der Waals surface area contributed by atoms with Crippen LogP contribution >= 0.6 is 11.6 Å². The number of rotatable bonds is 9. The molecule has 2 aliphatic carbocycles. The Hall–Kier alpha value is -1.78. The van der Waals surface area contributed by atoms with Crippen molar-refractivity contribution < 1.29 is 17.1 Å². The van der Waals surface area contributed by atoms with Crippen LogP contribution in [0.1, 0.15) is 19.3 Å². The molecule has 1 saturated heterocycles. The maximum atomic E-state index is 6.13. The molecular formula is C34H37ClFeN4. The van der Waals surface area contributed by atoms with Gasteiger partial charge in [-0.1, -0.05) is 29.8 Å². The summed E-state index contributed by atoms with van der Waals surface area (Å²) in [6.45, 7) is 5.14. The largest absolute Gasteiger partial charge is 0.384 e. The maximum Gasteiger partial charge on any atom is 0.0737 e. The van der Waals surface area contributed by atoms with E-state index in [1.165, 1.54) is 36.8 Å². The summed E-state index contributed by atoms with van der Waals surface area (Å²) < 4.78 is 0.